The number of fused-ring (bicyclic) bond motifs is 1. The Morgan fingerprint density at radius 3 is 1.46 bits per heavy atom. The van der Waals surface area contributed by atoms with E-state index in [0.29, 0.717) is 11.5 Å². The first kappa shape index (κ1) is 34.3. The molecule has 56 heavy (non-hydrogen) atoms. The molecule has 3 heteroatoms. The molecular formula is C53H37N3. The molecule has 9 aromatic rings. The van der Waals surface area contributed by atoms with Crippen LogP contribution in [-0.4, -0.2) is 15.7 Å². The van der Waals surface area contributed by atoms with Gasteiger partial charge < -0.3 is 5.41 Å². The van der Waals surface area contributed by atoms with Gasteiger partial charge in [-0.15, -0.1) is 0 Å². The Morgan fingerprint density at radius 1 is 0.375 bits per heavy atom. The third kappa shape index (κ3) is 7.22. The third-order valence-corrected chi connectivity index (χ3v) is 10.1. The highest BCUT2D eigenvalue weighted by atomic mass is 14.9. The van der Waals surface area contributed by atoms with Gasteiger partial charge in [-0.25, -0.2) is 9.97 Å². The molecule has 1 heterocycles. The van der Waals surface area contributed by atoms with Crippen LogP contribution in [0.5, 0.6) is 0 Å². The molecule has 0 saturated heterocycles. The van der Waals surface area contributed by atoms with Crippen molar-refractivity contribution in [2.24, 2.45) is 0 Å². The van der Waals surface area contributed by atoms with Crippen molar-refractivity contribution in [3.8, 4) is 56.2 Å². The van der Waals surface area contributed by atoms with E-state index in [2.05, 4.69) is 146 Å². The van der Waals surface area contributed by atoms with E-state index < -0.39 is 0 Å². The van der Waals surface area contributed by atoms with E-state index >= 15 is 0 Å². The van der Waals surface area contributed by atoms with Gasteiger partial charge in [0.05, 0.1) is 17.1 Å². The minimum absolute atomic E-state index is 0.453. The van der Waals surface area contributed by atoms with Crippen LogP contribution >= 0.6 is 0 Å². The summed E-state index contributed by atoms with van der Waals surface area (Å²) < 4.78 is 0. The highest BCUT2D eigenvalue weighted by molar-refractivity contribution is 6.13. The molecule has 0 aliphatic rings. The van der Waals surface area contributed by atoms with Crippen molar-refractivity contribution < 1.29 is 0 Å². The number of nitrogens with one attached hydrogen (secondary N) is 1. The largest absolute Gasteiger partial charge is 0.300 e. The van der Waals surface area contributed by atoms with E-state index in [1.165, 1.54) is 0 Å². The molecule has 0 amide bonds. The quantitative estimate of drug-likeness (QED) is 0.151. The summed E-state index contributed by atoms with van der Waals surface area (Å²) in [6, 6.07) is 73.3. The van der Waals surface area contributed by atoms with E-state index in [9.17, 15) is 0 Å². The molecule has 0 atom stereocenters. The fourth-order valence-electron chi connectivity index (χ4n) is 7.28. The van der Waals surface area contributed by atoms with Gasteiger partial charge in [-0.3, -0.25) is 0 Å². The molecule has 0 spiro atoms. The summed E-state index contributed by atoms with van der Waals surface area (Å²) >= 11 is 0. The predicted octanol–water partition coefficient (Wildman–Crippen LogP) is 13.5. The highest BCUT2D eigenvalue weighted by Crippen LogP contribution is 2.37. The van der Waals surface area contributed by atoms with E-state index in [-0.39, 0.29) is 0 Å². The first-order chi connectivity index (χ1) is 27.7. The molecule has 9 rings (SSSR count). The Hall–Kier alpha value is -7.49. The lowest BCUT2D eigenvalue weighted by atomic mass is 9.90. The van der Waals surface area contributed by atoms with Crippen LogP contribution in [0.2, 0.25) is 0 Å². The van der Waals surface area contributed by atoms with Gasteiger partial charge >= 0.3 is 0 Å². The highest BCUT2D eigenvalue weighted by Gasteiger charge is 2.16. The molecule has 1 aromatic heterocycles. The maximum absolute atomic E-state index is 9.10. The molecular weight excluding hydrogens is 679 g/mol. The van der Waals surface area contributed by atoms with Crippen molar-refractivity contribution in [2.75, 3.05) is 0 Å². The van der Waals surface area contributed by atoms with Crippen LogP contribution in [-0.2, 0) is 0 Å². The zero-order chi connectivity index (χ0) is 37.7. The summed E-state index contributed by atoms with van der Waals surface area (Å²) in [6.07, 6.45) is 1.99. The first-order valence-electron chi connectivity index (χ1n) is 18.8. The van der Waals surface area contributed by atoms with Gasteiger partial charge in [0.15, 0.2) is 5.82 Å². The number of hydrogen-bond acceptors (Lipinski definition) is 3. The van der Waals surface area contributed by atoms with Crippen molar-refractivity contribution in [1.29, 1.82) is 5.41 Å². The molecule has 0 unspecified atom stereocenters. The Kier molecular flexibility index (Phi) is 9.47. The van der Waals surface area contributed by atoms with Crippen molar-refractivity contribution in [3.63, 3.8) is 0 Å². The second-order valence-electron chi connectivity index (χ2n) is 13.8. The van der Waals surface area contributed by atoms with Crippen molar-refractivity contribution >= 4 is 22.1 Å². The van der Waals surface area contributed by atoms with Crippen LogP contribution < -0.4 is 0 Å². The average molecular weight is 716 g/mol. The van der Waals surface area contributed by atoms with E-state index in [4.69, 9.17) is 15.4 Å². The summed E-state index contributed by atoms with van der Waals surface area (Å²) in [5.41, 5.74) is 13.6. The van der Waals surface area contributed by atoms with Crippen LogP contribution in [0, 0.1) is 5.41 Å². The molecule has 0 fully saturated rings. The van der Waals surface area contributed by atoms with Crippen LogP contribution in [0.3, 0.4) is 0 Å². The van der Waals surface area contributed by atoms with Crippen LogP contribution in [0.25, 0.3) is 72.5 Å². The molecule has 264 valence electrons. The summed E-state index contributed by atoms with van der Waals surface area (Å²) in [7, 11) is 0. The van der Waals surface area contributed by atoms with Gasteiger partial charge in [0.25, 0.3) is 0 Å². The second kappa shape index (κ2) is 15.5. The number of benzene rings is 8. The number of nitrogens with zero attached hydrogens (tertiary/aromatic N) is 2. The fraction of sp³-hybridized carbons (Fsp3) is 0. The zero-order valence-corrected chi connectivity index (χ0v) is 30.7. The van der Waals surface area contributed by atoms with E-state index in [1.807, 2.05) is 72.8 Å². The predicted molar refractivity (Wildman–Crippen MR) is 234 cm³/mol. The molecule has 0 aliphatic carbocycles. The maximum atomic E-state index is 9.10. The fourth-order valence-corrected chi connectivity index (χ4v) is 7.28. The van der Waals surface area contributed by atoms with Crippen LogP contribution in [0.1, 0.15) is 16.7 Å². The molecule has 0 bridgehead atoms. The zero-order valence-electron chi connectivity index (χ0n) is 30.7. The Morgan fingerprint density at radius 2 is 0.875 bits per heavy atom. The summed E-state index contributed by atoms with van der Waals surface area (Å²) in [4.78, 5) is 10.6. The molecule has 0 saturated carbocycles. The number of aromatic nitrogens is 2. The van der Waals surface area contributed by atoms with E-state index in [1.54, 1.807) is 0 Å². The molecule has 1 N–H and O–H groups in total. The average Bonchev–Trinajstić information content (AvgIpc) is 3.29. The van der Waals surface area contributed by atoms with Crippen LogP contribution in [0.15, 0.2) is 218 Å². The topological polar surface area (TPSA) is 49.6 Å². The Balaban J connectivity index is 1.23. The van der Waals surface area contributed by atoms with E-state index in [0.717, 1.165) is 83.4 Å². The Bertz CT molecular complexity index is 2770. The summed E-state index contributed by atoms with van der Waals surface area (Å²) in [6.45, 7) is 0. The number of hydrogen-bond donors (Lipinski definition) is 1. The summed E-state index contributed by atoms with van der Waals surface area (Å²) in [5.74, 6) is 0.645. The van der Waals surface area contributed by atoms with Crippen molar-refractivity contribution in [2.45, 2.75) is 0 Å². The van der Waals surface area contributed by atoms with Gasteiger partial charge in [0.1, 0.15) is 0 Å². The summed E-state index contributed by atoms with van der Waals surface area (Å²) in [5, 5.41) is 11.3. The van der Waals surface area contributed by atoms with Gasteiger partial charge in [-0.05, 0) is 91.7 Å². The third-order valence-electron chi connectivity index (χ3n) is 10.1. The molecule has 3 nitrogen and oxygen atoms in total. The van der Waals surface area contributed by atoms with Crippen molar-refractivity contribution in [3.05, 3.63) is 235 Å². The standard InChI is InChI=1S/C53H37N3/c54-50(41-23-12-4-13-24-41)35-49(39-21-10-3-11-22-39)47-28-16-27-40-29-30-43(34-48(40)47)53-55-51(42-25-14-5-15-26-42)36-52(56-53)46-32-44(37-17-6-1-7-18-37)31-45(33-46)38-19-8-2-9-20-38/h1-36,54H/b49-35-,54-50?. The minimum Gasteiger partial charge on any atom is -0.300 e. The Labute approximate surface area is 327 Å². The van der Waals surface area contributed by atoms with Gasteiger partial charge in [-0.1, -0.05) is 182 Å². The second-order valence-corrected chi connectivity index (χ2v) is 13.8. The van der Waals surface area contributed by atoms with Gasteiger partial charge in [-0.2, -0.15) is 0 Å². The van der Waals surface area contributed by atoms with Gasteiger partial charge in [0.2, 0.25) is 0 Å². The smallest absolute Gasteiger partial charge is 0.160 e. The van der Waals surface area contributed by atoms with Crippen molar-refractivity contribution in [1.82, 2.24) is 9.97 Å². The molecule has 8 aromatic carbocycles. The van der Waals surface area contributed by atoms with Crippen LogP contribution in [0.4, 0.5) is 0 Å². The minimum atomic E-state index is 0.453. The lowest BCUT2D eigenvalue weighted by Gasteiger charge is -2.15. The normalized spacial score (nSPS) is 11.4. The van der Waals surface area contributed by atoms with Gasteiger partial charge in [0, 0.05) is 16.7 Å². The first-order valence-corrected chi connectivity index (χ1v) is 18.8. The molecule has 0 aliphatic heterocycles. The lowest BCUT2D eigenvalue weighted by molar-refractivity contribution is 1.18. The number of allylic oxidation sites excluding steroid dienone is 1. The number of rotatable bonds is 9. The maximum Gasteiger partial charge on any atom is 0.160 e. The molecule has 0 radical (unpaired) electrons. The SMILES string of the molecule is N=C(/C=C(/c1ccccc1)c1cccc2ccc(-c3nc(-c4ccccc4)cc(-c4cc(-c5ccccc5)cc(-c5ccccc5)c4)n3)cc12)c1ccccc1. The lowest BCUT2D eigenvalue weighted by Crippen LogP contribution is -1.99. The monoisotopic (exact) mass is 715 g/mol.